The molecule has 0 N–H and O–H groups in total. The highest BCUT2D eigenvalue weighted by Gasteiger charge is 2.26. The molecule has 9 nitrogen and oxygen atoms in total. The van der Waals surface area contributed by atoms with Crippen LogP contribution in [0.25, 0.3) is 10.9 Å². The van der Waals surface area contributed by atoms with Gasteiger partial charge in [-0.3, -0.25) is 18.7 Å². The summed E-state index contributed by atoms with van der Waals surface area (Å²) in [7, 11) is 1.40. The topological polar surface area (TPSA) is 92.0 Å². The standard InChI is InChI=1S/C32H30ClF4N3O6/c1-44-30-10-19(2-5-28(30)45-17-20-3-4-21(33)11-25(20)36)16-39-31(42)24-12-29(46-23(14-34)15-35)26(37)13-27(24)40(32(39)43)22-6-8-38(18-41)9-7-22/h2-5,10-13,18,22-23H,6-9,14-17H2,1H3. The molecule has 0 radical (unpaired) electrons. The van der Waals surface area contributed by atoms with Crippen LogP contribution in [0.2, 0.25) is 5.02 Å². The molecule has 14 heteroatoms. The number of nitrogens with zero attached hydrogens (tertiary/aromatic N) is 3. The fourth-order valence-electron chi connectivity index (χ4n) is 5.40. The van der Waals surface area contributed by atoms with Crippen LogP contribution >= 0.6 is 11.6 Å². The number of carbonyl (C=O) groups excluding carboxylic acids is 1. The molecular formula is C32H30ClF4N3O6. The maximum absolute atomic E-state index is 15.2. The van der Waals surface area contributed by atoms with Gasteiger partial charge in [-0.15, -0.1) is 0 Å². The highest BCUT2D eigenvalue weighted by molar-refractivity contribution is 6.30. The second-order valence-corrected chi connectivity index (χ2v) is 11.2. The second-order valence-electron chi connectivity index (χ2n) is 10.8. The van der Waals surface area contributed by atoms with Gasteiger partial charge in [0.15, 0.2) is 29.2 Å². The molecule has 3 aromatic carbocycles. The van der Waals surface area contributed by atoms with Gasteiger partial charge in [0.2, 0.25) is 6.41 Å². The number of piperidine rings is 1. The molecule has 1 aromatic heterocycles. The summed E-state index contributed by atoms with van der Waals surface area (Å²) in [5.74, 6) is -1.53. The van der Waals surface area contributed by atoms with E-state index in [9.17, 15) is 27.6 Å². The largest absolute Gasteiger partial charge is 0.493 e. The third-order valence-corrected chi connectivity index (χ3v) is 8.08. The Balaban J connectivity index is 1.54. The Kier molecular flexibility index (Phi) is 10.2. The molecular weight excluding hydrogens is 634 g/mol. The first-order valence-electron chi connectivity index (χ1n) is 14.4. The molecule has 0 atom stereocenters. The van der Waals surface area contributed by atoms with Gasteiger partial charge >= 0.3 is 5.69 Å². The van der Waals surface area contributed by atoms with Crippen LogP contribution < -0.4 is 25.5 Å². The van der Waals surface area contributed by atoms with Gasteiger partial charge in [-0.2, -0.15) is 0 Å². The Morgan fingerprint density at radius 3 is 2.35 bits per heavy atom. The van der Waals surface area contributed by atoms with Crippen molar-refractivity contribution < 1.29 is 36.6 Å². The number of ether oxygens (including phenoxy) is 3. The van der Waals surface area contributed by atoms with E-state index in [1.165, 1.54) is 29.9 Å². The van der Waals surface area contributed by atoms with Crippen LogP contribution in [0.1, 0.15) is 30.0 Å². The minimum Gasteiger partial charge on any atom is -0.493 e. The number of methoxy groups -OCH3 is 1. The van der Waals surface area contributed by atoms with Crippen molar-refractivity contribution in [1.82, 2.24) is 14.0 Å². The lowest BCUT2D eigenvalue weighted by Crippen LogP contribution is -2.44. The molecule has 0 bridgehead atoms. The molecule has 4 aromatic rings. The van der Waals surface area contributed by atoms with Gasteiger partial charge in [0, 0.05) is 35.8 Å². The Morgan fingerprint density at radius 2 is 1.70 bits per heavy atom. The summed E-state index contributed by atoms with van der Waals surface area (Å²) in [5, 5.41) is 0.150. The Bertz CT molecular complexity index is 1850. The number of likely N-dealkylation sites (tertiary alicyclic amines) is 1. The maximum Gasteiger partial charge on any atom is 0.332 e. The molecule has 0 spiro atoms. The van der Waals surface area contributed by atoms with Crippen molar-refractivity contribution >= 4 is 28.9 Å². The number of benzene rings is 3. The molecule has 0 saturated carbocycles. The van der Waals surface area contributed by atoms with Crippen LogP contribution in [0.3, 0.4) is 0 Å². The summed E-state index contributed by atoms with van der Waals surface area (Å²) < 4.78 is 74.4. The lowest BCUT2D eigenvalue weighted by Gasteiger charge is -2.31. The summed E-state index contributed by atoms with van der Waals surface area (Å²) in [6, 6.07) is 10.4. The van der Waals surface area contributed by atoms with Crippen LogP contribution in [-0.2, 0) is 17.9 Å². The summed E-state index contributed by atoms with van der Waals surface area (Å²) in [6.45, 7) is -2.10. The Labute approximate surface area is 265 Å². The fraction of sp³-hybridized carbons (Fsp3) is 0.344. The fourth-order valence-corrected chi connectivity index (χ4v) is 5.56. The number of hydrogen-bond acceptors (Lipinski definition) is 6. The van der Waals surface area contributed by atoms with Gasteiger partial charge in [-0.25, -0.2) is 22.4 Å². The molecule has 1 aliphatic rings. The van der Waals surface area contributed by atoms with Gasteiger partial charge < -0.3 is 19.1 Å². The van der Waals surface area contributed by atoms with Gasteiger partial charge in [-0.1, -0.05) is 23.7 Å². The summed E-state index contributed by atoms with van der Waals surface area (Å²) >= 11 is 5.82. The lowest BCUT2D eigenvalue weighted by atomic mass is 10.0. The van der Waals surface area contributed by atoms with Crippen molar-refractivity contribution in [2.75, 3.05) is 33.5 Å². The molecule has 5 rings (SSSR count). The number of carbonyl (C=O) groups is 1. The lowest BCUT2D eigenvalue weighted by molar-refractivity contribution is -0.119. The maximum atomic E-state index is 15.2. The molecule has 2 heterocycles. The minimum absolute atomic E-state index is 0.00606. The van der Waals surface area contributed by atoms with Crippen molar-refractivity contribution in [1.29, 1.82) is 0 Å². The van der Waals surface area contributed by atoms with E-state index in [0.29, 0.717) is 37.9 Å². The average molecular weight is 664 g/mol. The SMILES string of the molecule is COc1cc(Cn2c(=O)c3cc(OC(CF)CF)c(F)cc3n(C3CCN(C=O)CC3)c2=O)ccc1OCc1ccc(Cl)cc1F. The van der Waals surface area contributed by atoms with Gasteiger partial charge in [0.25, 0.3) is 5.56 Å². The van der Waals surface area contributed by atoms with Crippen molar-refractivity contribution in [2.24, 2.45) is 0 Å². The number of amides is 1. The normalized spacial score (nSPS) is 13.8. The van der Waals surface area contributed by atoms with E-state index >= 15 is 4.39 Å². The van der Waals surface area contributed by atoms with E-state index in [1.807, 2.05) is 0 Å². The van der Waals surface area contributed by atoms with Crippen LogP contribution in [0, 0.1) is 11.6 Å². The van der Waals surface area contributed by atoms with Crippen molar-refractivity contribution in [3.8, 4) is 17.2 Å². The smallest absolute Gasteiger partial charge is 0.332 e. The first kappa shape index (κ1) is 32.9. The van der Waals surface area contributed by atoms with Crippen LogP contribution in [0.4, 0.5) is 17.6 Å². The van der Waals surface area contributed by atoms with Crippen molar-refractivity contribution in [3.05, 3.63) is 97.2 Å². The highest BCUT2D eigenvalue weighted by Crippen LogP contribution is 2.31. The van der Waals surface area contributed by atoms with Crippen LogP contribution in [0.15, 0.2) is 58.1 Å². The molecule has 1 amide bonds. The zero-order chi connectivity index (χ0) is 33.0. The zero-order valence-electron chi connectivity index (χ0n) is 24.7. The quantitative estimate of drug-likeness (QED) is 0.153. The van der Waals surface area contributed by atoms with Gasteiger partial charge in [0.05, 0.1) is 24.6 Å². The van der Waals surface area contributed by atoms with E-state index in [-0.39, 0.29) is 46.1 Å². The van der Waals surface area contributed by atoms with Crippen LogP contribution in [0.5, 0.6) is 17.2 Å². The molecule has 0 unspecified atom stereocenters. The number of hydrogen-bond donors (Lipinski definition) is 0. The number of aromatic nitrogens is 2. The third kappa shape index (κ3) is 6.84. The van der Waals surface area contributed by atoms with Crippen molar-refractivity contribution in [3.63, 3.8) is 0 Å². The van der Waals surface area contributed by atoms with E-state index in [0.717, 1.165) is 16.7 Å². The summed E-state index contributed by atoms with van der Waals surface area (Å²) in [4.78, 5) is 40.6. The summed E-state index contributed by atoms with van der Waals surface area (Å²) in [6.07, 6.45) is -0.130. The average Bonchev–Trinajstić information content (AvgIpc) is 3.06. The van der Waals surface area contributed by atoms with Crippen molar-refractivity contribution in [2.45, 2.75) is 38.1 Å². The molecule has 46 heavy (non-hydrogen) atoms. The third-order valence-electron chi connectivity index (χ3n) is 7.84. The Hall–Kier alpha value is -4.52. The molecule has 1 fully saturated rings. The molecule has 244 valence electrons. The Morgan fingerprint density at radius 1 is 0.957 bits per heavy atom. The van der Waals surface area contributed by atoms with E-state index in [4.69, 9.17) is 25.8 Å². The number of fused-ring (bicyclic) bond motifs is 1. The summed E-state index contributed by atoms with van der Waals surface area (Å²) in [5.41, 5.74) is -0.759. The number of halogens is 5. The van der Waals surface area contributed by atoms with E-state index in [1.54, 1.807) is 23.1 Å². The highest BCUT2D eigenvalue weighted by atomic mass is 35.5. The minimum atomic E-state index is -1.57. The first-order chi connectivity index (χ1) is 22.2. The number of alkyl halides is 2. The van der Waals surface area contributed by atoms with Gasteiger partial charge in [0.1, 0.15) is 25.8 Å². The zero-order valence-corrected chi connectivity index (χ0v) is 25.4. The predicted molar refractivity (Wildman–Crippen MR) is 163 cm³/mol. The van der Waals surface area contributed by atoms with E-state index in [2.05, 4.69) is 0 Å². The molecule has 1 aliphatic heterocycles. The monoisotopic (exact) mass is 663 g/mol. The van der Waals surface area contributed by atoms with E-state index < -0.39 is 54.1 Å². The molecule has 1 saturated heterocycles. The first-order valence-corrected chi connectivity index (χ1v) is 14.7. The predicted octanol–water partition coefficient (Wildman–Crippen LogP) is 5.21. The molecule has 0 aliphatic carbocycles. The van der Waals surface area contributed by atoms with Crippen LogP contribution in [-0.4, -0.2) is 60.1 Å². The second kappa shape index (κ2) is 14.3. The van der Waals surface area contributed by atoms with Gasteiger partial charge in [-0.05, 0) is 48.7 Å². The number of rotatable bonds is 12.